The lowest BCUT2D eigenvalue weighted by Gasteiger charge is -2.07. The van der Waals surface area contributed by atoms with Crippen molar-refractivity contribution in [3.8, 4) is 11.5 Å². The summed E-state index contributed by atoms with van der Waals surface area (Å²) in [6, 6.07) is 11.5. The number of ether oxygens (including phenoxy) is 1. The van der Waals surface area contributed by atoms with Gasteiger partial charge in [-0.25, -0.2) is 0 Å². The molecule has 4 nitrogen and oxygen atoms in total. The molecule has 2 rings (SSSR count). The number of nitrogens with two attached hydrogens (primary N) is 1. The van der Waals surface area contributed by atoms with Crippen molar-refractivity contribution in [2.45, 2.75) is 0 Å². The van der Waals surface area contributed by atoms with Gasteiger partial charge < -0.3 is 15.6 Å². The molecule has 23 heavy (non-hydrogen) atoms. The van der Waals surface area contributed by atoms with Crippen LogP contribution in [0.5, 0.6) is 11.5 Å². The van der Waals surface area contributed by atoms with Crippen molar-refractivity contribution >= 4 is 35.9 Å². The van der Waals surface area contributed by atoms with Gasteiger partial charge in [0.15, 0.2) is 17.3 Å². The Morgan fingerprint density at radius 3 is 2.57 bits per heavy atom. The smallest absolute Gasteiger partial charge is 0.185 e. The molecular weight excluding hydrogens is 337 g/mol. The maximum Gasteiger partial charge on any atom is 0.185 e. The van der Waals surface area contributed by atoms with E-state index in [4.69, 9.17) is 22.1 Å². The van der Waals surface area contributed by atoms with Crippen molar-refractivity contribution in [3.63, 3.8) is 0 Å². The summed E-state index contributed by atoms with van der Waals surface area (Å²) >= 11 is 5.79. The number of hydrogen-bond acceptors (Lipinski definition) is 4. The van der Waals surface area contributed by atoms with E-state index in [9.17, 15) is 9.90 Å². The third kappa shape index (κ3) is 5.60. The van der Waals surface area contributed by atoms with Gasteiger partial charge in [0.1, 0.15) is 6.61 Å². The van der Waals surface area contributed by atoms with Gasteiger partial charge in [0.2, 0.25) is 0 Å². The molecule has 0 amide bonds. The van der Waals surface area contributed by atoms with Crippen LogP contribution in [0.1, 0.15) is 15.9 Å². The number of ketones is 1. The molecular formula is C17H17Cl2NO3. The molecule has 3 N–H and O–H groups in total. The third-order valence-corrected chi connectivity index (χ3v) is 3.17. The van der Waals surface area contributed by atoms with Crippen LogP contribution in [0.4, 0.5) is 0 Å². The molecule has 0 radical (unpaired) electrons. The van der Waals surface area contributed by atoms with Gasteiger partial charge in [-0.1, -0.05) is 23.7 Å². The van der Waals surface area contributed by atoms with Crippen LogP contribution in [0, 0.1) is 0 Å². The Morgan fingerprint density at radius 2 is 1.91 bits per heavy atom. The summed E-state index contributed by atoms with van der Waals surface area (Å²) in [5.41, 5.74) is 6.66. The molecule has 2 aromatic carbocycles. The molecule has 0 saturated heterocycles. The van der Waals surface area contributed by atoms with Crippen LogP contribution in [0.15, 0.2) is 48.5 Å². The molecule has 122 valence electrons. The van der Waals surface area contributed by atoms with Crippen LogP contribution in [0.25, 0.3) is 6.08 Å². The second-order valence-corrected chi connectivity index (χ2v) is 5.01. The number of halogens is 2. The number of hydrogen-bond donors (Lipinski definition) is 2. The fraction of sp³-hybridized carbons (Fsp3) is 0.118. The van der Waals surface area contributed by atoms with Crippen molar-refractivity contribution in [2.24, 2.45) is 5.73 Å². The molecule has 0 spiro atoms. The molecule has 0 aliphatic rings. The zero-order valence-corrected chi connectivity index (χ0v) is 13.8. The van der Waals surface area contributed by atoms with E-state index in [1.807, 2.05) is 0 Å². The zero-order valence-electron chi connectivity index (χ0n) is 12.2. The minimum atomic E-state index is -0.130. The zero-order chi connectivity index (χ0) is 15.9. The van der Waals surface area contributed by atoms with Crippen LogP contribution in [-0.2, 0) is 0 Å². The quantitative estimate of drug-likeness (QED) is 0.613. The Kier molecular flexibility index (Phi) is 7.62. The highest BCUT2D eigenvalue weighted by Gasteiger charge is 2.04. The maximum atomic E-state index is 12.0. The normalized spacial score (nSPS) is 10.3. The highest BCUT2D eigenvalue weighted by molar-refractivity contribution is 6.30. The van der Waals surface area contributed by atoms with Crippen LogP contribution in [-0.4, -0.2) is 24.0 Å². The molecule has 0 saturated carbocycles. The van der Waals surface area contributed by atoms with Gasteiger partial charge in [0.25, 0.3) is 0 Å². The number of benzene rings is 2. The summed E-state index contributed by atoms with van der Waals surface area (Å²) in [6.07, 6.45) is 3.12. The van der Waals surface area contributed by atoms with Crippen molar-refractivity contribution in [3.05, 3.63) is 64.7 Å². The summed E-state index contributed by atoms with van der Waals surface area (Å²) in [6.45, 7) is 0.666. The topological polar surface area (TPSA) is 72.5 Å². The molecule has 0 fully saturated rings. The molecule has 0 aliphatic heterocycles. The minimum Gasteiger partial charge on any atom is -0.504 e. The van der Waals surface area contributed by atoms with Gasteiger partial charge in [0, 0.05) is 17.1 Å². The van der Waals surface area contributed by atoms with Gasteiger partial charge in [0.05, 0.1) is 0 Å². The Bertz CT molecular complexity index is 685. The molecule has 6 heteroatoms. The van der Waals surface area contributed by atoms with Crippen molar-refractivity contribution in [2.75, 3.05) is 13.2 Å². The van der Waals surface area contributed by atoms with Gasteiger partial charge in [-0.2, -0.15) is 0 Å². The van der Waals surface area contributed by atoms with E-state index in [1.165, 1.54) is 12.1 Å². The fourth-order valence-corrected chi connectivity index (χ4v) is 1.93. The number of rotatable bonds is 6. The Balaban J connectivity index is 0.00000264. The van der Waals surface area contributed by atoms with Crippen LogP contribution in [0.3, 0.4) is 0 Å². The number of carbonyl (C=O) groups excluding carboxylic acids is 1. The Labute approximate surface area is 145 Å². The number of allylic oxidation sites excluding steroid dienone is 1. The van der Waals surface area contributed by atoms with Crippen LogP contribution >= 0.6 is 24.0 Å². The standard InChI is InChI=1S/C17H16ClNO3.ClH/c18-14-5-3-13(4-6-14)15(20)7-1-12-2-8-16(21)17(11-12)22-10-9-19;/h1-8,11,21H,9-10,19H2;1H/b7-1+;. The highest BCUT2D eigenvalue weighted by Crippen LogP contribution is 2.27. The van der Waals surface area contributed by atoms with E-state index < -0.39 is 0 Å². The van der Waals surface area contributed by atoms with E-state index in [-0.39, 0.29) is 23.9 Å². The average Bonchev–Trinajstić information content (AvgIpc) is 2.53. The van der Waals surface area contributed by atoms with Gasteiger partial charge in [-0.05, 0) is 48.0 Å². The summed E-state index contributed by atoms with van der Waals surface area (Å²) in [4.78, 5) is 12.0. The first-order valence-corrected chi connectivity index (χ1v) is 7.12. The summed E-state index contributed by atoms with van der Waals surface area (Å²) in [7, 11) is 0. The molecule has 0 atom stereocenters. The lowest BCUT2D eigenvalue weighted by Crippen LogP contribution is -2.10. The van der Waals surface area contributed by atoms with Gasteiger partial charge in [-0.3, -0.25) is 4.79 Å². The lowest BCUT2D eigenvalue weighted by molar-refractivity contribution is 0.104. The largest absolute Gasteiger partial charge is 0.504 e. The maximum absolute atomic E-state index is 12.0. The third-order valence-electron chi connectivity index (χ3n) is 2.92. The molecule has 2 aromatic rings. The monoisotopic (exact) mass is 353 g/mol. The molecule has 0 bridgehead atoms. The second-order valence-electron chi connectivity index (χ2n) is 4.57. The van der Waals surface area contributed by atoms with E-state index in [0.29, 0.717) is 29.5 Å². The number of phenols is 1. The van der Waals surface area contributed by atoms with E-state index >= 15 is 0 Å². The Hall–Kier alpha value is -2.01. The second kappa shape index (κ2) is 9.20. The lowest BCUT2D eigenvalue weighted by atomic mass is 10.1. The number of phenolic OH excluding ortho intramolecular Hbond substituents is 1. The van der Waals surface area contributed by atoms with Crippen LogP contribution in [0.2, 0.25) is 5.02 Å². The number of aromatic hydroxyl groups is 1. The predicted octanol–water partition coefficient (Wildman–Crippen LogP) is 3.70. The molecule has 0 heterocycles. The van der Waals surface area contributed by atoms with Crippen molar-refractivity contribution < 1.29 is 14.6 Å². The van der Waals surface area contributed by atoms with Gasteiger partial charge >= 0.3 is 0 Å². The van der Waals surface area contributed by atoms with E-state index in [2.05, 4.69) is 0 Å². The highest BCUT2D eigenvalue weighted by atomic mass is 35.5. The van der Waals surface area contributed by atoms with Crippen molar-refractivity contribution in [1.29, 1.82) is 0 Å². The number of carbonyl (C=O) groups is 1. The SMILES string of the molecule is Cl.NCCOc1cc(/C=C/C(=O)c2ccc(Cl)cc2)ccc1O. The summed E-state index contributed by atoms with van der Waals surface area (Å²) in [5, 5.41) is 10.3. The fourth-order valence-electron chi connectivity index (χ4n) is 1.80. The first-order chi connectivity index (χ1) is 10.6. The predicted molar refractivity (Wildman–Crippen MR) is 94.7 cm³/mol. The molecule has 0 unspecified atom stereocenters. The van der Waals surface area contributed by atoms with Gasteiger partial charge in [-0.15, -0.1) is 12.4 Å². The van der Waals surface area contributed by atoms with Crippen LogP contribution < -0.4 is 10.5 Å². The summed E-state index contributed by atoms with van der Waals surface area (Å²) in [5.74, 6) is 0.246. The van der Waals surface area contributed by atoms with Crippen molar-refractivity contribution in [1.82, 2.24) is 0 Å². The molecule has 0 aliphatic carbocycles. The first kappa shape index (κ1) is 19.0. The first-order valence-electron chi connectivity index (χ1n) is 6.74. The van der Waals surface area contributed by atoms with E-state index in [1.54, 1.807) is 42.5 Å². The Morgan fingerprint density at radius 1 is 1.22 bits per heavy atom. The molecule has 0 aromatic heterocycles. The minimum absolute atomic E-state index is 0. The average molecular weight is 354 g/mol. The summed E-state index contributed by atoms with van der Waals surface area (Å²) < 4.78 is 5.32. The van der Waals surface area contributed by atoms with E-state index in [0.717, 1.165) is 5.56 Å².